The number of H-pyrrole nitrogens is 1. The van der Waals surface area contributed by atoms with E-state index in [1.54, 1.807) is 4.52 Å². The van der Waals surface area contributed by atoms with Crippen LogP contribution in [0.2, 0.25) is 0 Å². The molecule has 122 valence electrons. The van der Waals surface area contributed by atoms with Crippen LogP contribution in [0.1, 0.15) is 5.76 Å². The predicted octanol–water partition coefficient (Wildman–Crippen LogP) is 3.21. The molecule has 5 aromatic rings. The van der Waals surface area contributed by atoms with Gasteiger partial charge in [0.15, 0.2) is 5.01 Å². The zero-order valence-electron chi connectivity index (χ0n) is 13.0. The first kappa shape index (κ1) is 14.1. The summed E-state index contributed by atoms with van der Waals surface area (Å²) in [6.07, 6.45) is 0. The molecule has 0 unspecified atom stereocenters. The van der Waals surface area contributed by atoms with Crippen LogP contribution in [0, 0.1) is 6.92 Å². The van der Waals surface area contributed by atoms with E-state index >= 15 is 0 Å². The molecule has 25 heavy (non-hydrogen) atoms. The summed E-state index contributed by atoms with van der Waals surface area (Å²) in [5.74, 6) is 1.34. The number of aromatic amines is 1. The number of aromatic nitrogens is 7. The zero-order valence-corrected chi connectivity index (χ0v) is 13.9. The summed E-state index contributed by atoms with van der Waals surface area (Å²) in [5.41, 5.74) is 3.31. The molecule has 0 aliphatic carbocycles. The van der Waals surface area contributed by atoms with Crippen LogP contribution in [0.25, 0.3) is 38.4 Å². The van der Waals surface area contributed by atoms with E-state index in [0.717, 1.165) is 27.7 Å². The standard InChI is InChI=1S/C16H11N7OS/c1-9-7-13(22-24-9)15-21-23-14(19-20-16(23)25-15)12-8-11(17-18-12)10-5-3-2-4-6-10/h2-8H,1H3,(H,17,18). The lowest BCUT2D eigenvalue weighted by Gasteiger charge is -1.92. The van der Waals surface area contributed by atoms with Crippen LogP contribution in [0.4, 0.5) is 0 Å². The van der Waals surface area contributed by atoms with Crippen molar-refractivity contribution < 1.29 is 4.52 Å². The Kier molecular flexibility index (Phi) is 3.01. The average Bonchev–Trinajstić information content (AvgIpc) is 3.38. The number of nitrogens with one attached hydrogen (secondary N) is 1. The van der Waals surface area contributed by atoms with Crippen LogP contribution < -0.4 is 0 Å². The van der Waals surface area contributed by atoms with E-state index in [9.17, 15) is 0 Å². The maximum Gasteiger partial charge on any atom is 0.235 e. The van der Waals surface area contributed by atoms with Gasteiger partial charge < -0.3 is 4.52 Å². The van der Waals surface area contributed by atoms with Crippen molar-refractivity contribution in [3.8, 4) is 33.5 Å². The molecule has 5 rings (SSSR count). The van der Waals surface area contributed by atoms with Gasteiger partial charge in [-0.2, -0.15) is 14.7 Å². The second-order valence-corrected chi connectivity index (χ2v) is 6.44. The molecule has 4 aromatic heterocycles. The molecule has 0 saturated heterocycles. The van der Waals surface area contributed by atoms with Gasteiger partial charge in [0.1, 0.15) is 17.1 Å². The second kappa shape index (κ2) is 5.35. The van der Waals surface area contributed by atoms with Crippen molar-refractivity contribution in [2.75, 3.05) is 0 Å². The minimum absolute atomic E-state index is 0.604. The van der Waals surface area contributed by atoms with Crippen molar-refractivity contribution in [1.82, 2.24) is 35.2 Å². The summed E-state index contributed by atoms with van der Waals surface area (Å²) in [7, 11) is 0. The van der Waals surface area contributed by atoms with Gasteiger partial charge in [0.2, 0.25) is 10.8 Å². The topological polar surface area (TPSA) is 97.8 Å². The molecule has 0 fully saturated rings. The van der Waals surface area contributed by atoms with E-state index in [-0.39, 0.29) is 0 Å². The number of nitrogens with zero attached hydrogens (tertiary/aromatic N) is 6. The monoisotopic (exact) mass is 349 g/mol. The second-order valence-electron chi connectivity index (χ2n) is 5.48. The van der Waals surface area contributed by atoms with Gasteiger partial charge in [-0.15, -0.1) is 10.2 Å². The summed E-state index contributed by atoms with van der Waals surface area (Å²) in [6, 6.07) is 13.7. The van der Waals surface area contributed by atoms with Gasteiger partial charge >= 0.3 is 0 Å². The number of hydrogen-bond donors (Lipinski definition) is 1. The lowest BCUT2D eigenvalue weighted by molar-refractivity contribution is 0.399. The maximum atomic E-state index is 5.11. The maximum absolute atomic E-state index is 5.11. The van der Waals surface area contributed by atoms with Crippen LogP contribution in [0.15, 0.2) is 47.0 Å². The van der Waals surface area contributed by atoms with Crippen molar-refractivity contribution >= 4 is 16.3 Å². The highest BCUT2D eigenvalue weighted by atomic mass is 32.1. The molecule has 1 N–H and O–H groups in total. The van der Waals surface area contributed by atoms with Crippen LogP contribution in [-0.4, -0.2) is 35.2 Å². The van der Waals surface area contributed by atoms with Crippen molar-refractivity contribution in [3.63, 3.8) is 0 Å². The van der Waals surface area contributed by atoms with E-state index < -0.39 is 0 Å². The molecule has 0 radical (unpaired) electrons. The van der Waals surface area contributed by atoms with Crippen LogP contribution >= 0.6 is 11.3 Å². The third-order valence-electron chi connectivity index (χ3n) is 3.73. The number of rotatable bonds is 3. The average molecular weight is 349 g/mol. The number of benzene rings is 1. The first-order valence-corrected chi connectivity index (χ1v) is 8.37. The van der Waals surface area contributed by atoms with Crippen molar-refractivity contribution in [1.29, 1.82) is 0 Å². The van der Waals surface area contributed by atoms with Gasteiger partial charge in [0.25, 0.3) is 0 Å². The third kappa shape index (κ3) is 2.32. The molecule has 0 aliphatic heterocycles. The fraction of sp³-hybridized carbons (Fsp3) is 0.0625. The molecule has 0 amide bonds. The van der Waals surface area contributed by atoms with E-state index in [1.807, 2.05) is 49.4 Å². The highest BCUT2D eigenvalue weighted by molar-refractivity contribution is 7.19. The molecule has 0 spiro atoms. The molecule has 9 heteroatoms. The van der Waals surface area contributed by atoms with Gasteiger partial charge in [0, 0.05) is 11.6 Å². The smallest absolute Gasteiger partial charge is 0.235 e. The lowest BCUT2D eigenvalue weighted by Crippen LogP contribution is -1.91. The molecule has 1 aromatic carbocycles. The first-order valence-electron chi connectivity index (χ1n) is 7.55. The fourth-order valence-electron chi connectivity index (χ4n) is 2.55. The molecule has 8 nitrogen and oxygen atoms in total. The summed E-state index contributed by atoms with van der Waals surface area (Å²) in [4.78, 5) is 0.682. The minimum Gasteiger partial charge on any atom is -0.361 e. The third-order valence-corrected chi connectivity index (χ3v) is 4.65. The normalized spacial score (nSPS) is 11.4. The predicted molar refractivity (Wildman–Crippen MR) is 91.9 cm³/mol. The Hall–Kier alpha value is -3.33. The Morgan fingerprint density at radius 1 is 1.08 bits per heavy atom. The Balaban J connectivity index is 1.57. The van der Waals surface area contributed by atoms with Crippen LogP contribution in [0.3, 0.4) is 0 Å². The molecule has 0 aliphatic rings. The van der Waals surface area contributed by atoms with Gasteiger partial charge in [-0.05, 0) is 13.0 Å². The molecule has 0 bridgehead atoms. The first-order chi connectivity index (χ1) is 12.3. The Morgan fingerprint density at radius 2 is 1.96 bits per heavy atom. The van der Waals surface area contributed by atoms with Crippen LogP contribution in [-0.2, 0) is 0 Å². The summed E-state index contributed by atoms with van der Waals surface area (Å²) >= 11 is 1.40. The van der Waals surface area contributed by atoms with Crippen molar-refractivity contribution in [2.45, 2.75) is 6.92 Å². The molecule has 0 saturated carbocycles. The Labute approximate surface area is 145 Å². The van der Waals surface area contributed by atoms with E-state index in [0.29, 0.717) is 16.5 Å². The van der Waals surface area contributed by atoms with E-state index in [2.05, 4.69) is 30.7 Å². The van der Waals surface area contributed by atoms with Gasteiger partial charge in [-0.1, -0.05) is 46.8 Å². The zero-order chi connectivity index (χ0) is 16.8. The molecular formula is C16H11N7OS. The number of hydrogen-bond acceptors (Lipinski definition) is 7. The fourth-order valence-corrected chi connectivity index (χ4v) is 3.34. The SMILES string of the molecule is Cc1cc(-c2nn3c(-c4cc(-c5ccccc5)n[nH]4)nnc3s2)no1. The number of aryl methyl sites for hydroxylation is 1. The summed E-state index contributed by atoms with van der Waals surface area (Å²) in [6.45, 7) is 1.85. The largest absolute Gasteiger partial charge is 0.361 e. The highest BCUT2D eigenvalue weighted by Gasteiger charge is 2.18. The summed E-state index contributed by atoms with van der Waals surface area (Å²) < 4.78 is 6.80. The Bertz CT molecular complexity index is 1170. The molecule has 0 atom stereocenters. The van der Waals surface area contributed by atoms with Crippen molar-refractivity contribution in [3.05, 3.63) is 48.2 Å². The Morgan fingerprint density at radius 3 is 2.76 bits per heavy atom. The van der Waals surface area contributed by atoms with Crippen LogP contribution in [0.5, 0.6) is 0 Å². The quantitative estimate of drug-likeness (QED) is 0.537. The van der Waals surface area contributed by atoms with E-state index in [4.69, 9.17) is 4.52 Å². The summed E-state index contributed by atoms with van der Waals surface area (Å²) in [5, 5.41) is 25.1. The lowest BCUT2D eigenvalue weighted by atomic mass is 10.1. The van der Waals surface area contributed by atoms with Gasteiger partial charge in [-0.25, -0.2) is 0 Å². The molecular weight excluding hydrogens is 338 g/mol. The minimum atomic E-state index is 0.604. The highest BCUT2D eigenvalue weighted by Crippen LogP contribution is 2.28. The molecule has 4 heterocycles. The van der Waals surface area contributed by atoms with Crippen molar-refractivity contribution in [2.24, 2.45) is 0 Å². The number of fused-ring (bicyclic) bond motifs is 1. The van der Waals surface area contributed by atoms with Gasteiger partial charge in [0.05, 0.1) is 5.69 Å². The van der Waals surface area contributed by atoms with E-state index in [1.165, 1.54) is 11.3 Å². The van der Waals surface area contributed by atoms with Gasteiger partial charge in [-0.3, -0.25) is 5.10 Å².